The Morgan fingerprint density at radius 1 is 1.36 bits per heavy atom. The molecule has 0 aliphatic carbocycles. The van der Waals surface area contributed by atoms with E-state index in [1.54, 1.807) is 10.8 Å². The molecule has 5 heteroatoms. The Balaban J connectivity index is 2.52. The van der Waals surface area contributed by atoms with Gasteiger partial charge in [0.2, 0.25) is 0 Å². The van der Waals surface area contributed by atoms with E-state index < -0.39 is 0 Å². The fraction of sp³-hybridized carbons (Fsp3) is 0.667. The minimum atomic E-state index is -0.385. The van der Waals surface area contributed by atoms with Crippen LogP contribution in [0.5, 0.6) is 0 Å². The average molecular weight is 219 g/mol. The quantitative estimate of drug-likeness (QED) is 0.483. The number of hydrogen-bond donors (Lipinski definition) is 0. The lowest BCUT2D eigenvalue weighted by Gasteiger charge is -2.21. The van der Waals surface area contributed by atoms with Crippen LogP contribution in [-0.4, -0.2) is 40.9 Å². The van der Waals surface area contributed by atoms with Crippen LogP contribution in [0.1, 0.15) is 20.8 Å². The van der Waals surface area contributed by atoms with Gasteiger partial charge in [-0.05, 0) is 20.8 Å². The third-order valence-electron chi connectivity index (χ3n) is 2.56. The fourth-order valence-corrected chi connectivity index (χ4v) is 45.4. The molecule has 0 radical (unpaired) electrons. The topological polar surface area (TPSA) is 9.23 Å². The van der Waals surface area contributed by atoms with Crippen LogP contribution in [0.15, 0.2) is 10.8 Å². The molecule has 1 unspecified atom stereocenters. The maximum absolute atomic E-state index is 5.72. The lowest BCUT2D eigenvalue weighted by Crippen LogP contribution is -2.43. The first-order valence-electron chi connectivity index (χ1n) is 4.43. The van der Waals surface area contributed by atoms with Crippen molar-refractivity contribution in [2.75, 3.05) is 6.23 Å². The maximum atomic E-state index is 5.72. The van der Waals surface area contributed by atoms with Crippen molar-refractivity contribution in [2.45, 2.75) is 20.8 Å². The predicted molar refractivity (Wildman–Crippen MR) is 62.8 cm³/mol. The van der Waals surface area contributed by atoms with E-state index in [9.17, 15) is 0 Å². The summed E-state index contributed by atoms with van der Waals surface area (Å²) in [5.74, 6) is 0. The minimum Gasteiger partial charge on any atom is -0.432 e. The van der Waals surface area contributed by atoms with E-state index in [2.05, 4.69) is 20.8 Å². The van der Waals surface area contributed by atoms with Crippen molar-refractivity contribution in [1.29, 1.82) is 0 Å². The van der Waals surface area contributed by atoms with Crippen LogP contribution in [0.2, 0.25) is 0 Å². The average Bonchev–Trinajstić information content (AvgIpc) is 2.05. The van der Waals surface area contributed by atoms with E-state index in [0.717, 1.165) is 0 Å². The summed E-state index contributed by atoms with van der Waals surface area (Å²) < 4.78 is 5.72. The summed E-state index contributed by atoms with van der Waals surface area (Å²) in [6, 6.07) is 0. The van der Waals surface area contributed by atoms with E-state index >= 15 is 0 Å². The number of hydrogen-bond acceptors (Lipinski definition) is 1. The van der Waals surface area contributed by atoms with Gasteiger partial charge in [-0.25, -0.2) is 0 Å². The van der Waals surface area contributed by atoms with Crippen LogP contribution in [0.3, 0.4) is 0 Å². The van der Waals surface area contributed by atoms with Gasteiger partial charge in [-0.3, -0.25) is 0 Å². The van der Waals surface area contributed by atoms with Crippen molar-refractivity contribution in [3.63, 3.8) is 0 Å². The molecule has 64 valence electrons. The van der Waals surface area contributed by atoms with Crippen LogP contribution in [0.4, 0.5) is 0 Å². The smallest absolute Gasteiger partial charge is 0.139 e. The SMILES string of the molecule is CC(C)=C(C)[SiH]1CO[SiH2][SiH2][SiH2]1. The Morgan fingerprint density at radius 2 is 2.09 bits per heavy atom. The Labute approximate surface area is 77.2 Å². The lowest BCUT2D eigenvalue weighted by molar-refractivity contribution is 0.418. The molecule has 0 saturated carbocycles. The van der Waals surface area contributed by atoms with Gasteiger partial charge in [-0.2, -0.15) is 0 Å². The Kier molecular flexibility index (Phi) is 4.00. The van der Waals surface area contributed by atoms with E-state index in [0.29, 0.717) is 17.1 Å². The zero-order chi connectivity index (χ0) is 8.27. The molecule has 1 aliphatic rings. The van der Waals surface area contributed by atoms with Crippen LogP contribution in [0.25, 0.3) is 0 Å². The summed E-state index contributed by atoms with van der Waals surface area (Å²) in [5.41, 5.74) is 1.59. The molecule has 0 aromatic carbocycles. The second-order valence-electron chi connectivity index (χ2n) is 3.60. The summed E-state index contributed by atoms with van der Waals surface area (Å²) >= 11 is 0. The molecule has 1 fully saturated rings. The molecule has 1 nitrogen and oxygen atoms in total. The summed E-state index contributed by atoms with van der Waals surface area (Å²) in [6.07, 6.45) is 1.24. The van der Waals surface area contributed by atoms with E-state index in [4.69, 9.17) is 4.43 Å². The molecule has 0 aromatic heterocycles. The van der Waals surface area contributed by atoms with Crippen LogP contribution < -0.4 is 0 Å². The monoisotopic (exact) mass is 218 g/mol. The molecule has 1 atom stereocenters. The van der Waals surface area contributed by atoms with Gasteiger partial charge >= 0.3 is 0 Å². The summed E-state index contributed by atoms with van der Waals surface area (Å²) in [5, 5.41) is 1.79. The molecule has 1 heterocycles. The molecule has 1 aliphatic heterocycles. The molecule has 0 bridgehead atoms. The van der Waals surface area contributed by atoms with Crippen molar-refractivity contribution < 1.29 is 4.43 Å². The van der Waals surface area contributed by atoms with Crippen molar-refractivity contribution >= 4 is 34.7 Å². The van der Waals surface area contributed by atoms with E-state index in [1.165, 1.54) is 6.23 Å². The second-order valence-corrected chi connectivity index (χ2v) is 27.9. The largest absolute Gasteiger partial charge is 0.432 e. The molecule has 0 N–H and O–H groups in total. The third kappa shape index (κ3) is 2.83. The first-order chi connectivity index (χ1) is 5.22. The molecule has 0 aromatic rings. The highest BCUT2D eigenvalue weighted by atomic mass is 29.7. The van der Waals surface area contributed by atoms with Gasteiger partial charge in [-0.1, -0.05) is 10.8 Å². The molecule has 1 rings (SSSR count). The van der Waals surface area contributed by atoms with Crippen LogP contribution >= 0.6 is 0 Å². The van der Waals surface area contributed by atoms with Gasteiger partial charge < -0.3 is 4.43 Å². The Hall–Kier alpha value is 0.568. The highest BCUT2D eigenvalue weighted by Crippen LogP contribution is 2.07. The van der Waals surface area contributed by atoms with E-state index in [1.807, 2.05) is 0 Å². The van der Waals surface area contributed by atoms with Crippen molar-refractivity contribution in [1.82, 2.24) is 0 Å². The lowest BCUT2D eigenvalue weighted by atomic mass is 10.3. The van der Waals surface area contributed by atoms with Crippen molar-refractivity contribution in [2.24, 2.45) is 0 Å². The fourth-order valence-electron chi connectivity index (χ4n) is 1.49. The van der Waals surface area contributed by atoms with Gasteiger partial charge in [-0.15, -0.1) is 0 Å². The zero-order valence-corrected chi connectivity index (χ0v) is 13.2. The summed E-state index contributed by atoms with van der Waals surface area (Å²) in [7, 11) is 0.706. The molecule has 0 amide bonds. The standard InChI is InChI=1S/C6H18OSi4/c1-5(2)6(3)11-4-7-8-9-10-11/h11H,4,8-10H2,1-3H3. The van der Waals surface area contributed by atoms with Gasteiger partial charge in [0.25, 0.3) is 0 Å². The maximum Gasteiger partial charge on any atom is 0.139 e. The minimum absolute atomic E-state index is 0.133. The van der Waals surface area contributed by atoms with E-state index in [-0.39, 0.29) is 17.6 Å². The first kappa shape index (κ1) is 9.65. The summed E-state index contributed by atoms with van der Waals surface area (Å²) in [6.45, 7) is 6.90. The number of allylic oxidation sites excluding steroid dienone is 2. The molecular formula is C6H18OSi4. The highest BCUT2D eigenvalue weighted by molar-refractivity contribution is 7.50. The number of rotatable bonds is 1. The molecule has 1 saturated heterocycles. The highest BCUT2D eigenvalue weighted by Gasteiger charge is 2.18. The van der Waals surface area contributed by atoms with Gasteiger partial charge in [0, 0.05) is 23.3 Å². The zero-order valence-electron chi connectivity index (χ0n) is 7.81. The van der Waals surface area contributed by atoms with Crippen LogP contribution in [0, 0.1) is 0 Å². The van der Waals surface area contributed by atoms with Gasteiger partial charge in [0.05, 0.1) is 8.31 Å². The normalized spacial score (nSPS) is 31.4. The van der Waals surface area contributed by atoms with Crippen molar-refractivity contribution in [3.8, 4) is 0 Å². The third-order valence-corrected chi connectivity index (χ3v) is 38.6. The predicted octanol–water partition coefficient (Wildman–Crippen LogP) is -1.57. The second kappa shape index (κ2) is 4.56. The Bertz CT molecular complexity index is 158. The molecule has 0 spiro atoms. The van der Waals surface area contributed by atoms with Crippen LogP contribution in [-0.2, 0) is 4.43 Å². The summed E-state index contributed by atoms with van der Waals surface area (Å²) in [4.78, 5) is 0. The van der Waals surface area contributed by atoms with Gasteiger partial charge in [0.1, 0.15) is 9.28 Å². The molecular weight excluding hydrogens is 200 g/mol. The first-order valence-corrected chi connectivity index (χ1v) is 17.7. The van der Waals surface area contributed by atoms with Crippen molar-refractivity contribution in [3.05, 3.63) is 10.8 Å². The molecule has 11 heavy (non-hydrogen) atoms. The Morgan fingerprint density at radius 3 is 2.55 bits per heavy atom. The van der Waals surface area contributed by atoms with Gasteiger partial charge in [0.15, 0.2) is 0 Å².